The second-order valence-corrected chi connectivity index (χ2v) is 9.75. The molecule has 1 aliphatic rings. The van der Waals surface area contributed by atoms with Crippen LogP contribution < -0.4 is 11.5 Å². The Labute approximate surface area is 206 Å². The van der Waals surface area contributed by atoms with Gasteiger partial charge in [0.1, 0.15) is 0 Å². The summed E-state index contributed by atoms with van der Waals surface area (Å²) in [4.78, 5) is 5.07. The van der Waals surface area contributed by atoms with Crippen molar-refractivity contribution in [2.45, 2.75) is 23.7 Å². The van der Waals surface area contributed by atoms with E-state index in [1.165, 1.54) is 18.4 Å². The normalized spacial score (nSPS) is 15.2. The molecule has 1 atom stereocenters. The van der Waals surface area contributed by atoms with E-state index in [9.17, 15) is 8.76 Å². The Hall–Kier alpha value is -3.43. The lowest BCUT2D eigenvalue weighted by Gasteiger charge is -2.23. The Morgan fingerprint density at radius 2 is 1.63 bits per heavy atom. The molecule has 0 radical (unpaired) electrons. The first-order chi connectivity index (χ1) is 16.7. The second-order valence-electron chi connectivity index (χ2n) is 8.75. The second kappa shape index (κ2) is 9.67. The molecule has 6 rings (SSSR count). The van der Waals surface area contributed by atoms with Crippen LogP contribution in [0.4, 0.5) is 0 Å². The number of piperidine rings is 1. The molecule has 5 aromatic rings. The maximum Gasteiger partial charge on any atom is 0.162 e. The van der Waals surface area contributed by atoms with E-state index in [1.807, 2.05) is 42.7 Å². The summed E-state index contributed by atoms with van der Waals surface area (Å²) < 4.78 is 25.2. The van der Waals surface area contributed by atoms with Crippen LogP contribution in [0.5, 0.6) is 0 Å². The Morgan fingerprint density at radius 3 is 2.37 bits per heavy atom. The predicted octanol–water partition coefficient (Wildman–Crippen LogP) is 5.03. The fourth-order valence-corrected chi connectivity index (χ4v) is 5.58. The summed E-state index contributed by atoms with van der Waals surface area (Å²) >= 11 is -2.68. The van der Waals surface area contributed by atoms with E-state index in [1.54, 1.807) is 16.8 Å². The van der Waals surface area contributed by atoms with Gasteiger partial charge in [-0.2, -0.15) is 5.10 Å². The van der Waals surface area contributed by atoms with Crippen LogP contribution in [0, 0.1) is 0 Å². The number of benzene rings is 3. The van der Waals surface area contributed by atoms with Crippen LogP contribution in [0.15, 0.2) is 84.1 Å². The maximum absolute atomic E-state index is 11.7. The molecule has 3 heterocycles. The van der Waals surface area contributed by atoms with E-state index < -0.39 is 11.1 Å². The first-order valence-electron chi connectivity index (χ1n) is 11.5. The molecule has 0 saturated carbocycles. The summed E-state index contributed by atoms with van der Waals surface area (Å²) in [5.74, 6) is 0.630. The molecule has 1 unspecified atom stereocenters. The lowest BCUT2D eigenvalue weighted by Crippen LogP contribution is -2.26. The van der Waals surface area contributed by atoms with Crippen LogP contribution in [0.2, 0.25) is 0 Å². The van der Waals surface area contributed by atoms with Crippen LogP contribution in [0.3, 0.4) is 0 Å². The molecule has 1 aliphatic heterocycles. The van der Waals surface area contributed by atoms with Gasteiger partial charge < -0.3 is 16.0 Å². The maximum atomic E-state index is 11.7. The topological polar surface area (TPSA) is 117 Å². The summed E-state index contributed by atoms with van der Waals surface area (Å²) in [7, 11) is 0. The molecule has 0 spiro atoms. The third kappa shape index (κ3) is 4.26. The quantitative estimate of drug-likeness (QED) is 0.272. The van der Waals surface area contributed by atoms with E-state index in [2.05, 4.69) is 34.7 Å². The van der Waals surface area contributed by atoms with Gasteiger partial charge in [0, 0.05) is 28.9 Å². The molecule has 2 aromatic heterocycles. The number of fused-ring (bicyclic) bond motifs is 2. The van der Waals surface area contributed by atoms with Crippen molar-refractivity contribution in [2.24, 2.45) is 0 Å². The Bertz CT molecular complexity index is 1520. The van der Waals surface area contributed by atoms with E-state index >= 15 is 0 Å². The van der Waals surface area contributed by atoms with Gasteiger partial charge in [0.25, 0.3) is 0 Å². The van der Waals surface area contributed by atoms with Crippen LogP contribution in [-0.4, -0.2) is 32.2 Å². The lowest BCUT2D eigenvalue weighted by atomic mass is 9.89. The molecule has 178 valence electrons. The monoisotopic (exact) mass is 485 g/mol. The number of hydrogen-bond donors (Lipinski definition) is 2. The van der Waals surface area contributed by atoms with Gasteiger partial charge in [-0.1, -0.05) is 42.5 Å². The minimum absolute atomic E-state index is 0. The molecule has 0 aliphatic carbocycles. The highest BCUT2D eigenvalue weighted by molar-refractivity contribution is 7.79. The highest BCUT2D eigenvalue weighted by Gasteiger charge is 2.17. The van der Waals surface area contributed by atoms with Gasteiger partial charge in [-0.05, 0) is 72.1 Å². The molecule has 1 saturated heterocycles. The molecule has 3 aromatic carbocycles. The van der Waals surface area contributed by atoms with Crippen molar-refractivity contribution in [3.63, 3.8) is 0 Å². The van der Waals surface area contributed by atoms with Crippen LogP contribution in [0.1, 0.15) is 24.3 Å². The fourth-order valence-electron chi connectivity index (χ4n) is 4.99. The van der Waals surface area contributed by atoms with Gasteiger partial charge in [-0.25, -0.2) is 9.50 Å². The number of nitrogens with one attached hydrogen (secondary N) is 1. The number of thiol groups is 1. The Kier molecular flexibility index (Phi) is 6.44. The summed E-state index contributed by atoms with van der Waals surface area (Å²) in [6.45, 7) is 2.17. The van der Waals surface area contributed by atoms with Crippen molar-refractivity contribution in [1.82, 2.24) is 26.1 Å². The van der Waals surface area contributed by atoms with Gasteiger partial charge >= 0.3 is 0 Å². The summed E-state index contributed by atoms with van der Waals surface area (Å²) in [6.07, 6.45) is 8.04. The molecule has 4 N–H and O–H groups in total. The lowest BCUT2D eigenvalue weighted by molar-refractivity contribution is 0.460. The molecule has 8 heteroatoms. The first kappa shape index (κ1) is 23.3. The van der Waals surface area contributed by atoms with E-state index in [0.717, 1.165) is 46.4 Å². The van der Waals surface area contributed by atoms with Crippen molar-refractivity contribution in [1.29, 1.82) is 0 Å². The van der Waals surface area contributed by atoms with Crippen LogP contribution in [0.25, 0.3) is 38.7 Å². The van der Waals surface area contributed by atoms with E-state index in [4.69, 9.17) is 4.98 Å². The zero-order valence-corrected chi connectivity index (χ0v) is 20.1. The van der Waals surface area contributed by atoms with Gasteiger partial charge in [0.05, 0.1) is 17.3 Å². The number of aromatic nitrogens is 3. The van der Waals surface area contributed by atoms with E-state index in [0.29, 0.717) is 16.2 Å². The largest absolute Gasteiger partial charge is 0.612 e. The minimum Gasteiger partial charge on any atom is -0.612 e. The van der Waals surface area contributed by atoms with Gasteiger partial charge in [-0.15, -0.1) is 4.21 Å². The Balaban J connectivity index is 0.00000253. The average molecular weight is 486 g/mol. The number of rotatable bonds is 4. The number of nitrogens with zero attached hydrogens (tertiary/aromatic N) is 3. The molecule has 1 fully saturated rings. The van der Waals surface area contributed by atoms with Gasteiger partial charge in [-0.3, -0.25) is 0 Å². The molecule has 0 bridgehead atoms. The van der Waals surface area contributed by atoms with Crippen molar-refractivity contribution in [3.05, 3.63) is 84.8 Å². The summed E-state index contributed by atoms with van der Waals surface area (Å²) in [5.41, 5.74) is 6.03. The summed E-state index contributed by atoms with van der Waals surface area (Å²) in [6, 6.07) is 19.8. The minimum atomic E-state index is -2.68. The molecule has 35 heavy (non-hydrogen) atoms. The predicted molar refractivity (Wildman–Crippen MR) is 140 cm³/mol. The van der Waals surface area contributed by atoms with Crippen molar-refractivity contribution >= 4 is 27.5 Å². The van der Waals surface area contributed by atoms with Crippen molar-refractivity contribution < 1.29 is 8.76 Å². The van der Waals surface area contributed by atoms with Crippen molar-refractivity contribution in [2.75, 3.05) is 13.1 Å². The first-order valence-corrected chi connectivity index (χ1v) is 12.7. The highest BCUT2D eigenvalue weighted by Crippen LogP contribution is 2.34. The fraction of sp³-hybridized carbons (Fsp3) is 0.185. The smallest absolute Gasteiger partial charge is 0.162 e. The van der Waals surface area contributed by atoms with Crippen LogP contribution >= 0.6 is 0 Å². The van der Waals surface area contributed by atoms with Gasteiger partial charge in [0.2, 0.25) is 0 Å². The number of hydrogen-bond acceptors (Lipinski definition) is 6. The van der Waals surface area contributed by atoms with E-state index in [-0.39, 0.29) is 6.15 Å². The third-order valence-electron chi connectivity index (χ3n) is 6.80. The molecular weight excluding hydrogens is 458 g/mol. The zero-order valence-electron chi connectivity index (χ0n) is 19.2. The van der Waals surface area contributed by atoms with Crippen LogP contribution in [-0.2, 0) is 15.3 Å². The molecule has 7 nitrogen and oxygen atoms in total. The van der Waals surface area contributed by atoms with Crippen molar-refractivity contribution in [3.8, 4) is 22.3 Å². The molecule has 0 amide bonds. The van der Waals surface area contributed by atoms with Gasteiger partial charge in [0.15, 0.2) is 10.5 Å². The SMILES string of the molecule is N.O=[SH+]([O-])c1ccc(-c2cnn3cc(-c4ccc(C5CCNCC5)cc4)cnc23)c2ccccc12. The standard InChI is InChI=1S/C27H24N4O2S.H3N/c32-34(33)26-10-9-23(22-3-1-2-4-24(22)26)25-16-30-31-17-21(15-29-27(25)31)19-7-5-18(6-8-19)20-11-13-28-14-12-20;/h1-10,15-17,20,28,34H,11-14H2;1H3. The Morgan fingerprint density at radius 1 is 0.886 bits per heavy atom. The highest BCUT2D eigenvalue weighted by atomic mass is 32.2. The third-order valence-corrected chi connectivity index (χ3v) is 7.58. The molecular formula is C27H27N5O2S. The zero-order chi connectivity index (χ0) is 23.1. The average Bonchev–Trinajstić information content (AvgIpc) is 3.31. The summed E-state index contributed by atoms with van der Waals surface area (Å²) in [5, 5.41) is 9.57.